The first-order valence-corrected chi connectivity index (χ1v) is 10.5. The highest BCUT2D eigenvalue weighted by Gasteiger charge is 2.27. The predicted octanol–water partition coefficient (Wildman–Crippen LogP) is 3.95. The highest BCUT2D eigenvalue weighted by molar-refractivity contribution is 7.89. The van der Waals surface area contributed by atoms with E-state index in [1.807, 2.05) is 19.1 Å². The third kappa shape index (κ3) is 4.54. The smallest absolute Gasteiger partial charge is 0.258 e. The fraction of sp³-hybridized carbons (Fsp3) is 0.350. The molecule has 1 aliphatic heterocycles. The van der Waals surface area contributed by atoms with Crippen LogP contribution >= 0.6 is 0 Å². The van der Waals surface area contributed by atoms with Crippen molar-refractivity contribution in [3.63, 3.8) is 0 Å². The van der Waals surface area contributed by atoms with Crippen LogP contribution in [0.5, 0.6) is 0 Å². The molecule has 0 atom stereocenters. The second kappa shape index (κ2) is 8.19. The maximum absolute atomic E-state index is 14.2. The van der Waals surface area contributed by atoms with Crippen LogP contribution in [0.2, 0.25) is 0 Å². The van der Waals surface area contributed by atoms with Crippen molar-refractivity contribution >= 4 is 21.6 Å². The van der Waals surface area contributed by atoms with Crippen molar-refractivity contribution < 1.29 is 17.6 Å². The number of nitrogens with one attached hydrogen (secondary N) is 1. The third-order valence-corrected chi connectivity index (χ3v) is 6.59. The topological polar surface area (TPSA) is 66.5 Å². The molecule has 2 aromatic rings. The second-order valence-corrected chi connectivity index (χ2v) is 8.72. The minimum Gasteiger partial charge on any atom is -0.322 e. The van der Waals surface area contributed by atoms with Gasteiger partial charge in [0.15, 0.2) is 0 Å². The van der Waals surface area contributed by atoms with Crippen molar-refractivity contribution in [2.24, 2.45) is 0 Å². The van der Waals surface area contributed by atoms with E-state index in [0.29, 0.717) is 18.8 Å². The SMILES string of the molecule is Cc1ccc(NC(=O)c2cc(S(=O)(=O)N3CCCCCC3)ccc2F)cc1. The molecule has 0 aromatic heterocycles. The molecule has 0 saturated carbocycles. The number of sulfonamides is 1. The van der Waals surface area contributed by atoms with Gasteiger partial charge in [-0.1, -0.05) is 30.5 Å². The van der Waals surface area contributed by atoms with Gasteiger partial charge < -0.3 is 5.32 Å². The van der Waals surface area contributed by atoms with Crippen LogP contribution in [0, 0.1) is 12.7 Å². The molecule has 1 amide bonds. The molecule has 1 saturated heterocycles. The van der Waals surface area contributed by atoms with Crippen LogP contribution < -0.4 is 5.32 Å². The zero-order chi connectivity index (χ0) is 19.4. The Morgan fingerprint density at radius 3 is 2.26 bits per heavy atom. The van der Waals surface area contributed by atoms with Crippen LogP contribution in [-0.2, 0) is 10.0 Å². The Labute approximate surface area is 159 Å². The maximum atomic E-state index is 14.2. The summed E-state index contributed by atoms with van der Waals surface area (Å²) in [5, 5.41) is 2.61. The summed E-state index contributed by atoms with van der Waals surface area (Å²) < 4.78 is 41.4. The van der Waals surface area contributed by atoms with Gasteiger partial charge in [0.05, 0.1) is 10.5 Å². The molecular weight excluding hydrogens is 367 g/mol. The standard InChI is InChI=1S/C20H23FN2O3S/c1-15-6-8-16(9-7-15)22-20(24)18-14-17(10-11-19(18)21)27(25,26)23-12-4-2-3-5-13-23/h6-11,14H,2-5,12-13H2,1H3,(H,22,24). The number of rotatable bonds is 4. The van der Waals surface area contributed by atoms with Crippen LogP contribution in [0.4, 0.5) is 10.1 Å². The molecule has 1 N–H and O–H groups in total. The zero-order valence-electron chi connectivity index (χ0n) is 15.2. The molecule has 0 unspecified atom stereocenters. The van der Waals surface area contributed by atoms with E-state index >= 15 is 0 Å². The minimum atomic E-state index is -3.75. The molecule has 0 spiro atoms. The van der Waals surface area contributed by atoms with Gasteiger partial charge >= 0.3 is 0 Å². The quantitative estimate of drug-likeness (QED) is 0.860. The summed E-state index contributed by atoms with van der Waals surface area (Å²) in [6, 6.07) is 10.5. The lowest BCUT2D eigenvalue weighted by atomic mass is 10.2. The van der Waals surface area contributed by atoms with E-state index < -0.39 is 21.7 Å². The lowest BCUT2D eigenvalue weighted by Gasteiger charge is -2.20. The minimum absolute atomic E-state index is 0.0557. The van der Waals surface area contributed by atoms with Gasteiger partial charge in [0.2, 0.25) is 10.0 Å². The molecule has 1 heterocycles. The summed E-state index contributed by atoms with van der Waals surface area (Å²) in [5.74, 6) is -1.43. The number of anilines is 1. The van der Waals surface area contributed by atoms with Gasteiger partial charge in [-0.25, -0.2) is 12.8 Å². The van der Waals surface area contributed by atoms with Crippen LogP contribution in [-0.4, -0.2) is 31.7 Å². The average molecular weight is 390 g/mol. The Hall–Kier alpha value is -2.25. The number of aryl methyl sites for hydroxylation is 1. The van der Waals surface area contributed by atoms with Gasteiger partial charge in [0.25, 0.3) is 5.91 Å². The highest BCUT2D eigenvalue weighted by atomic mass is 32.2. The van der Waals surface area contributed by atoms with Crippen LogP contribution in [0.25, 0.3) is 0 Å². The molecule has 0 radical (unpaired) electrons. The van der Waals surface area contributed by atoms with Gasteiger partial charge in [-0.05, 0) is 50.1 Å². The first-order chi connectivity index (χ1) is 12.9. The lowest BCUT2D eigenvalue weighted by molar-refractivity contribution is 0.102. The molecule has 144 valence electrons. The monoisotopic (exact) mass is 390 g/mol. The lowest BCUT2D eigenvalue weighted by Crippen LogP contribution is -2.32. The number of carbonyl (C=O) groups is 1. The summed E-state index contributed by atoms with van der Waals surface area (Å²) in [7, 11) is -3.75. The number of hydrogen-bond donors (Lipinski definition) is 1. The Balaban J connectivity index is 1.86. The van der Waals surface area contributed by atoms with Crippen LogP contribution in [0.3, 0.4) is 0 Å². The van der Waals surface area contributed by atoms with Crippen molar-refractivity contribution in [3.8, 4) is 0 Å². The number of amides is 1. The molecule has 3 rings (SSSR count). The Morgan fingerprint density at radius 2 is 1.63 bits per heavy atom. The Bertz CT molecular complexity index is 919. The van der Waals surface area contributed by atoms with E-state index in [1.54, 1.807) is 12.1 Å². The van der Waals surface area contributed by atoms with Crippen LogP contribution in [0.1, 0.15) is 41.6 Å². The number of hydrogen-bond acceptors (Lipinski definition) is 3. The molecular formula is C20H23FN2O3S. The summed E-state index contributed by atoms with van der Waals surface area (Å²) in [6.07, 6.45) is 3.61. The summed E-state index contributed by atoms with van der Waals surface area (Å²) in [5.41, 5.74) is 1.27. The first kappa shape index (κ1) is 19.5. The van der Waals surface area contributed by atoms with Crippen molar-refractivity contribution in [2.75, 3.05) is 18.4 Å². The van der Waals surface area contributed by atoms with E-state index in [1.165, 1.54) is 10.4 Å². The Morgan fingerprint density at radius 1 is 1.00 bits per heavy atom. The first-order valence-electron chi connectivity index (χ1n) is 9.05. The average Bonchev–Trinajstić information content (AvgIpc) is 2.94. The normalized spacial score (nSPS) is 15.9. The van der Waals surface area contributed by atoms with Crippen molar-refractivity contribution in [3.05, 3.63) is 59.4 Å². The predicted molar refractivity (Wildman–Crippen MR) is 103 cm³/mol. The second-order valence-electron chi connectivity index (χ2n) is 6.78. The largest absolute Gasteiger partial charge is 0.322 e. The van der Waals surface area contributed by atoms with Gasteiger partial charge in [-0.3, -0.25) is 4.79 Å². The molecule has 7 heteroatoms. The number of benzene rings is 2. The molecule has 0 aliphatic carbocycles. The molecule has 1 aliphatic rings. The van der Waals surface area contributed by atoms with E-state index in [0.717, 1.165) is 43.4 Å². The molecule has 1 fully saturated rings. The summed E-state index contributed by atoms with van der Waals surface area (Å²) in [6.45, 7) is 2.82. The fourth-order valence-electron chi connectivity index (χ4n) is 3.11. The van der Waals surface area contributed by atoms with E-state index in [2.05, 4.69) is 5.32 Å². The van der Waals surface area contributed by atoms with Crippen molar-refractivity contribution in [1.29, 1.82) is 0 Å². The molecule has 5 nitrogen and oxygen atoms in total. The van der Waals surface area contributed by atoms with Gasteiger partial charge in [-0.15, -0.1) is 0 Å². The third-order valence-electron chi connectivity index (χ3n) is 4.69. The summed E-state index contributed by atoms with van der Waals surface area (Å²) in [4.78, 5) is 12.4. The van der Waals surface area contributed by atoms with Crippen LogP contribution in [0.15, 0.2) is 47.4 Å². The zero-order valence-corrected chi connectivity index (χ0v) is 16.1. The maximum Gasteiger partial charge on any atom is 0.258 e. The van der Waals surface area contributed by atoms with E-state index in [9.17, 15) is 17.6 Å². The van der Waals surface area contributed by atoms with Gasteiger partial charge in [0.1, 0.15) is 5.82 Å². The van der Waals surface area contributed by atoms with E-state index in [-0.39, 0.29) is 10.5 Å². The van der Waals surface area contributed by atoms with E-state index in [4.69, 9.17) is 0 Å². The Kier molecular flexibility index (Phi) is 5.92. The summed E-state index contributed by atoms with van der Waals surface area (Å²) >= 11 is 0. The van der Waals surface area contributed by atoms with Gasteiger partial charge in [0, 0.05) is 18.8 Å². The van der Waals surface area contributed by atoms with Gasteiger partial charge in [-0.2, -0.15) is 4.31 Å². The number of carbonyl (C=O) groups excluding carboxylic acids is 1. The molecule has 2 aromatic carbocycles. The van der Waals surface area contributed by atoms with Crippen molar-refractivity contribution in [1.82, 2.24) is 4.31 Å². The van der Waals surface area contributed by atoms with Crippen molar-refractivity contribution in [2.45, 2.75) is 37.5 Å². The number of nitrogens with zero attached hydrogens (tertiary/aromatic N) is 1. The number of halogens is 1. The molecule has 27 heavy (non-hydrogen) atoms. The highest BCUT2D eigenvalue weighted by Crippen LogP contribution is 2.23. The fourth-order valence-corrected chi connectivity index (χ4v) is 4.65. The molecule has 0 bridgehead atoms.